The number of sulfonamides is 1. The van der Waals surface area contributed by atoms with Gasteiger partial charge in [-0.3, -0.25) is 4.72 Å². The number of hydrogen-bond donors (Lipinski definition) is 3. The zero-order chi connectivity index (χ0) is 21.0. The molecule has 0 amide bonds. The van der Waals surface area contributed by atoms with Gasteiger partial charge in [0.2, 0.25) is 5.95 Å². The van der Waals surface area contributed by atoms with Crippen LogP contribution in [0.2, 0.25) is 0 Å². The maximum Gasteiger partial charge on any atom is 0.262 e. The highest BCUT2D eigenvalue weighted by Gasteiger charge is 2.17. The number of aryl methyl sites for hydroxylation is 3. The Bertz CT molecular complexity index is 1110. The summed E-state index contributed by atoms with van der Waals surface area (Å²) in [4.78, 5) is 9.07. The van der Waals surface area contributed by atoms with Crippen LogP contribution in [0.15, 0.2) is 53.4 Å². The zero-order valence-electron chi connectivity index (χ0n) is 16.9. The zero-order valence-corrected chi connectivity index (χ0v) is 17.8. The van der Waals surface area contributed by atoms with Crippen LogP contribution in [-0.4, -0.2) is 24.9 Å². The van der Waals surface area contributed by atoms with Gasteiger partial charge >= 0.3 is 0 Å². The first kappa shape index (κ1) is 20.6. The van der Waals surface area contributed by atoms with E-state index in [1.54, 1.807) is 43.3 Å². The van der Waals surface area contributed by atoms with Crippen LogP contribution < -0.4 is 15.4 Å². The van der Waals surface area contributed by atoms with Gasteiger partial charge in [0.25, 0.3) is 10.0 Å². The predicted octanol–water partition coefficient (Wildman–Crippen LogP) is 4.38. The fraction of sp³-hybridized carbons (Fsp3) is 0.238. The lowest BCUT2D eigenvalue weighted by Gasteiger charge is -2.12. The van der Waals surface area contributed by atoms with Crippen LogP contribution in [0.25, 0.3) is 0 Å². The molecule has 0 saturated carbocycles. The van der Waals surface area contributed by atoms with E-state index >= 15 is 0 Å². The Labute approximate surface area is 171 Å². The summed E-state index contributed by atoms with van der Waals surface area (Å²) in [7, 11) is -3.66. The summed E-state index contributed by atoms with van der Waals surface area (Å²) in [5, 5.41) is 6.31. The number of anilines is 4. The van der Waals surface area contributed by atoms with Crippen molar-refractivity contribution in [2.75, 3.05) is 21.9 Å². The minimum Gasteiger partial charge on any atom is -0.370 e. The third kappa shape index (κ3) is 5.23. The first-order valence-corrected chi connectivity index (χ1v) is 10.8. The highest BCUT2D eigenvalue weighted by molar-refractivity contribution is 7.92. The maximum absolute atomic E-state index is 12.7. The summed E-state index contributed by atoms with van der Waals surface area (Å²) in [5.74, 6) is 1.23. The fourth-order valence-electron chi connectivity index (χ4n) is 2.85. The molecule has 1 heterocycles. The molecule has 1 aromatic heterocycles. The Morgan fingerprint density at radius 1 is 0.897 bits per heavy atom. The Morgan fingerprint density at radius 2 is 1.59 bits per heavy atom. The summed E-state index contributed by atoms with van der Waals surface area (Å²) in [6.07, 6.45) is 0. The van der Waals surface area contributed by atoms with Crippen LogP contribution in [0.3, 0.4) is 0 Å². The van der Waals surface area contributed by atoms with Crippen molar-refractivity contribution in [1.29, 1.82) is 0 Å². The molecule has 0 aliphatic carbocycles. The van der Waals surface area contributed by atoms with Crippen LogP contribution in [0.1, 0.15) is 23.7 Å². The molecule has 0 atom stereocenters. The summed E-state index contributed by atoms with van der Waals surface area (Å²) in [6.45, 7) is 8.32. The topological polar surface area (TPSA) is 96.0 Å². The van der Waals surface area contributed by atoms with E-state index in [2.05, 4.69) is 25.3 Å². The van der Waals surface area contributed by atoms with E-state index in [0.717, 1.165) is 29.3 Å². The van der Waals surface area contributed by atoms with Crippen molar-refractivity contribution in [2.45, 2.75) is 32.6 Å². The van der Waals surface area contributed by atoms with Crippen molar-refractivity contribution in [3.8, 4) is 0 Å². The third-order valence-electron chi connectivity index (χ3n) is 4.24. The van der Waals surface area contributed by atoms with Gasteiger partial charge in [-0.25, -0.2) is 13.4 Å². The quantitative estimate of drug-likeness (QED) is 0.534. The molecule has 152 valence electrons. The molecule has 3 rings (SSSR count). The molecule has 8 heteroatoms. The summed E-state index contributed by atoms with van der Waals surface area (Å²) in [6, 6.07) is 14.2. The molecule has 0 spiro atoms. The van der Waals surface area contributed by atoms with Crippen molar-refractivity contribution in [3.05, 3.63) is 65.4 Å². The van der Waals surface area contributed by atoms with Gasteiger partial charge in [0, 0.05) is 29.7 Å². The monoisotopic (exact) mass is 411 g/mol. The Balaban J connectivity index is 1.76. The normalized spacial score (nSPS) is 11.2. The minimum atomic E-state index is -3.66. The largest absolute Gasteiger partial charge is 0.370 e. The number of hydrogen-bond acceptors (Lipinski definition) is 6. The molecule has 0 fully saturated rings. The molecule has 0 bridgehead atoms. The van der Waals surface area contributed by atoms with Gasteiger partial charge < -0.3 is 10.6 Å². The summed E-state index contributed by atoms with van der Waals surface area (Å²) in [5.41, 5.74) is 3.68. The lowest BCUT2D eigenvalue weighted by molar-refractivity contribution is 0.600. The highest BCUT2D eigenvalue weighted by Crippen LogP contribution is 2.23. The molecule has 0 radical (unpaired) electrons. The second-order valence-corrected chi connectivity index (χ2v) is 8.48. The average molecular weight is 412 g/mol. The van der Waals surface area contributed by atoms with Crippen LogP contribution in [0.4, 0.5) is 23.1 Å². The van der Waals surface area contributed by atoms with Gasteiger partial charge in [-0.15, -0.1) is 0 Å². The number of aromatic nitrogens is 2. The summed E-state index contributed by atoms with van der Waals surface area (Å²) < 4.78 is 28.1. The van der Waals surface area contributed by atoms with E-state index in [0.29, 0.717) is 17.2 Å². The van der Waals surface area contributed by atoms with Gasteiger partial charge in [-0.2, -0.15) is 4.98 Å². The van der Waals surface area contributed by atoms with Crippen molar-refractivity contribution in [1.82, 2.24) is 9.97 Å². The predicted molar refractivity (Wildman–Crippen MR) is 117 cm³/mol. The molecule has 0 aliphatic rings. The molecule has 7 nitrogen and oxygen atoms in total. The Hall–Kier alpha value is -3.13. The summed E-state index contributed by atoms with van der Waals surface area (Å²) >= 11 is 0. The standard InChI is InChI=1S/C21H25N5O2S/c1-5-22-20-13-16(4)23-21(25-20)24-17-8-10-18(11-9-17)26-29(27,28)19-12-14(2)6-7-15(19)3/h6-13,26H,5H2,1-4H3,(H2,22,23,24,25). The number of rotatable bonds is 7. The minimum absolute atomic E-state index is 0.281. The SMILES string of the molecule is CCNc1cc(C)nc(Nc2ccc(NS(=O)(=O)c3cc(C)ccc3C)cc2)n1. The van der Waals surface area contributed by atoms with E-state index < -0.39 is 10.0 Å². The van der Waals surface area contributed by atoms with E-state index in [1.807, 2.05) is 32.9 Å². The first-order valence-electron chi connectivity index (χ1n) is 9.33. The van der Waals surface area contributed by atoms with E-state index in [4.69, 9.17) is 0 Å². The number of nitrogens with zero attached hydrogens (tertiary/aromatic N) is 2. The smallest absolute Gasteiger partial charge is 0.262 e. The van der Waals surface area contributed by atoms with E-state index in [1.165, 1.54) is 0 Å². The lowest BCUT2D eigenvalue weighted by atomic mass is 10.2. The van der Waals surface area contributed by atoms with Gasteiger partial charge in [0.05, 0.1) is 4.90 Å². The fourth-order valence-corrected chi connectivity index (χ4v) is 4.24. The number of benzene rings is 2. The van der Waals surface area contributed by atoms with Gasteiger partial charge in [-0.1, -0.05) is 12.1 Å². The molecule has 3 N–H and O–H groups in total. The molecular weight excluding hydrogens is 386 g/mol. The van der Waals surface area contributed by atoms with Crippen molar-refractivity contribution in [3.63, 3.8) is 0 Å². The third-order valence-corrected chi connectivity index (χ3v) is 5.76. The second kappa shape index (κ2) is 8.48. The second-order valence-electron chi connectivity index (χ2n) is 6.83. The lowest BCUT2D eigenvalue weighted by Crippen LogP contribution is -2.14. The Morgan fingerprint density at radius 3 is 2.28 bits per heavy atom. The van der Waals surface area contributed by atoms with Crippen LogP contribution in [-0.2, 0) is 10.0 Å². The first-order chi connectivity index (χ1) is 13.8. The number of nitrogens with one attached hydrogen (secondary N) is 3. The van der Waals surface area contributed by atoms with Crippen LogP contribution >= 0.6 is 0 Å². The van der Waals surface area contributed by atoms with Crippen LogP contribution in [0, 0.1) is 20.8 Å². The highest BCUT2D eigenvalue weighted by atomic mass is 32.2. The van der Waals surface area contributed by atoms with Gasteiger partial charge in [0.1, 0.15) is 5.82 Å². The van der Waals surface area contributed by atoms with E-state index in [-0.39, 0.29) is 4.90 Å². The molecule has 2 aromatic carbocycles. The van der Waals surface area contributed by atoms with Gasteiger partial charge in [0.15, 0.2) is 0 Å². The molecule has 0 unspecified atom stereocenters. The van der Waals surface area contributed by atoms with Crippen molar-refractivity contribution < 1.29 is 8.42 Å². The van der Waals surface area contributed by atoms with Crippen molar-refractivity contribution in [2.24, 2.45) is 0 Å². The average Bonchev–Trinajstić information content (AvgIpc) is 2.65. The van der Waals surface area contributed by atoms with Crippen molar-refractivity contribution >= 4 is 33.2 Å². The molecule has 0 saturated heterocycles. The maximum atomic E-state index is 12.7. The van der Waals surface area contributed by atoms with Crippen LogP contribution in [0.5, 0.6) is 0 Å². The van der Waals surface area contributed by atoms with Gasteiger partial charge in [-0.05, 0) is 69.2 Å². The molecular formula is C21H25N5O2S. The Kier molecular flexibility index (Phi) is 6.03. The molecule has 29 heavy (non-hydrogen) atoms. The molecule has 3 aromatic rings. The van der Waals surface area contributed by atoms with E-state index in [9.17, 15) is 8.42 Å². The molecule has 0 aliphatic heterocycles.